The van der Waals surface area contributed by atoms with E-state index in [0.717, 1.165) is 29.8 Å². The maximum atomic E-state index is 3.93. The van der Waals surface area contributed by atoms with Crippen LogP contribution >= 0.6 is 0 Å². The second-order valence-electron chi connectivity index (χ2n) is 5.91. The van der Waals surface area contributed by atoms with Gasteiger partial charge in [-0.15, -0.1) is 0 Å². The van der Waals surface area contributed by atoms with E-state index >= 15 is 0 Å². The third-order valence-electron chi connectivity index (χ3n) is 4.96. The summed E-state index contributed by atoms with van der Waals surface area (Å²) in [6.45, 7) is 2.43. The van der Waals surface area contributed by atoms with Gasteiger partial charge < -0.3 is 5.32 Å². The van der Waals surface area contributed by atoms with Crippen molar-refractivity contribution in [2.45, 2.75) is 64.0 Å². The van der Waals surface area contributed by atoms with Gasteiger partial charge in [0.05, 0.1) is 0 Å². The lowest BCUT2D eigenvalue weighted by Gasteiger charge is -2.33. The minimum absolute atomic E-state index is 0.895. The molecule has 14 heavy (non-hydrogen) atoms. The van der Waals surface area contributed by atoms with Crippen LogP contribution < -0.4 is 5.32 Å². The van der Waals surface area contributed by atoms with Crippen molar-refractivity contribution < 1.29 is 0 Å². The standard InChI is InChI=1S/C13H23N/c1-9-6-7-11-10-4-2-3-5-12(10)14-13(11)8-9/h9-14H,2-8H2,1H3. The van der Waals surface area contributed by atoms with Crippen molar-refractivity contribution in [1.29, 1.82) is 0 Å². The van der Waals surface area contributed by atoms with E-state index in [4.69, 9.17) is 0 Å². The van der Waals surface area contributed by atoms with Crippen LogP contribution in [0.3, 0.4) is 0 Å². The third kappa shape index (κ3) is 1.41. The summed E-state index contributed by atoms with van der Waals surface area (Å²) in [5.41, 5.74) is 0. The van der Waals surface area contributed by atoms with Crippen LogP contribution in [0.1, 0.15) is 51.9 Å². The van der Waals surface area contributed by atoms with Gasteiger partial charge in [0.2, 0.25) is 0 Å². The van der Waals surface area contributed by atoms with Gasteiger partial charge in [-0.1, -0.05) is 26.2 Å². The predicted octanol–water partition coefficient (Wildman–Crippen LogP) is 2.95. The van der Waals surface area contributed by atoms with Crippen LogP contribution in [-0.2, 0) is 0 Å². The van der Waals surface area contributed by atoms with E-state index in [2.05, 4.69) is 12.2 Å². The molecule has 3 fully saturated rings. The maximum absolute atomic E-state index is 3.93. The summed E-state index contributed by atoms with van der Waals surface area (Å²) in [4.78, 5) is 0. The molecule has 0 amide bonds. The molecular weight excluding hydrogens is 170 g/mol. The molecule has 2 saturated carbocycles. The third-order valence-corrected chi connectivity index (χ3v) is 4.96. The molecule has 5 unspecified atom stereocenters. The first-order chi connectivity index (χ1) is 6.84. The fourth-order valence-electron chi connectivity index (χ4n) is 4.26. The van der Waals surface area contributed by atoms with E-state index in [1.165, 1.54) is 44.9 Å². The average molecular weight is 193 g/mol. The Kier molecular flexibility index (Phi) is 2.31. The zero-order chi connectivity index (χ0) is 9.54. The van der Waals surface area contributed by atoms with Crippen LogP contribution in [0.2, 0.25) is 0 Å². The van der Waals surface area contributed by atoms with E-state index < -0.39 is 0 Å². The molecule has 5 atom stereocenters. The highest BCUT2D eigenvalue weighted by Gasteiger charge is 2.45. The van der Waals surface area contributed by atoms with Gasteiger partial charge >= 0.3 is 0 Å². The first-order valence-corrected chi connectivity index (χ1v) is 6.60. The summed E-state index contributed by atoms with van der Waals surface area (Å²) < 4.78 is 0. The Morgan fingerprint density at radius 2 is 1.64 bits per heavy atom. The summed E-state index contributed by atoms with van der Waals surface area (Å²) in [6.07, 6.45) is 10.4. The molecule has 1 heterocycles. The summed E-state index contributed by atoms with van der Waals surface area (Å²) >= 11 is 0. The summed E-state index contributed by atoms with van der Waals surface area (Å²) in [6, 6.07) is 1.80. The Morgan fingerprint density at radius 1 is 0.857 bits per heavy atom. The number of hydrogen-bond donors (Lipinski definition) is 1. The van der Waals surface area contributed by atoms with Gasteiger partial charge in [-0.05, 0) is 43.4 Å². The topological polar surface area (TPSA) is 12.0 Å². The van der Waals surface area contributed by atoms with Crippen LogP contribution in [0.15, 0.2) is 0 Å². The molecule has 0 aromatic rings. The SMILES string of the molecule is CC1CCC2C(C1)NC1CCCCC12. The minimum atomic E-state index is 0.895. The number of rotatable bonds is 0. The molecule has 1 nitrogen and oxygen atoms in total. The van der Waals surface area contributed by atoms with Crippen LogP contribution in [0.5, 0.6) is 0 Å². The second kappa shape index (κ2) is 3.52. The molecule has 1 aliphatic heterocycles. The van der Waals surface area contributed by atoms with E-state index in [1.54, 1.807) is 0 Å². The van der Waals surface area contributed by atoms with Gasteiger partial charge in [0, 0.05) is 12.1 Å². The summed E-state index contributed by atoms with van der Waals surface area (Å²) in [7, 11) is 0. The fourth-order valence-corrected chi connectivity index (χ4v) is 4.26. The van der Waals surface area contributed by atoms with Gasteiger partial charge in [0.15, 0.2) is 0 Å². The van der Waals surface area contributed by atoms with Crippen LogP contribution in [0.25, 0.3) is 0 Å². The monoisotopic (exact) mass is 193 g/mol. The van der Waals surface area contributed by atoms with E-state index in [-0.39, 0.29) is 0 Å². The Morgan fingerprint density at radius 3 is 2.57 bits per heavy atom. The van der Waals surface area contributed by atoms with Crippen molar-refractivity contribution >= 4 is 0 Å². The molecule has 0 bridgehead atoms. The Bertz CT molecular complexity index is 213. The van der Waals surface area contributed by atoms with Gasteiger partial charge in [-0.25, -0.2) is 0 Å². The highest BCUT2D eigenvalue weighted by Crippen LogP contribution is 2.44. The smallest absolute Gasteiger partial charge is 0.0104 e. The average Bonchev–Trinajstić information content (AvgIpc) is 2.54. The van der Waals surface area contributed by atoms with Crippen LogP contribution in [0, 0.1) is 17.8 Å². The Hall–Kier alpha value is -0.0400. The van der Waals surface area contributed by atoms with Gasteiger partial charge in [-0.2, -0.15) is 0 Å². The van der Waals surface area contributed by atoms with Crippen LogP contribution in [0.4, 0.5) is 0 Å². The molecule has 0 radical (unpaired) electrons. The fraction of sp³-hybridized carbons (Fsp3) is 1.00. The van der Waals surface area contributed by atoms with Crippen molar-refractivity contribution in [3.63, 3.8) is 0 Å². The highest BCUT2D eigenvalue weighted by molar-refractivity contribution is 5.01. The van der Waals surface area contributed by atoms with E-state index in [9.17, 15) is 0 Å². The van der Waals surface area contributed by atoms with Crippen molar-refractivity contribution in [1.82, 2.24) is 5.32 Å². The van der Waals surface area contributed by atoms with Crippen molar-refractivity contribution in [2.24, 2.45) is 17.8 Å². The molecule has 0 aromatic heterocycles. The van der Waals surface area contributed by atoms with Crippen molar-refractivity contribution in [3.8, 4) is 0 Å². The molecular formula is C13H23N. The first-order valence-electron chi connectivity index (χ1n) is 6.60. The molecule has 1 heteroatoms. The largest absolute Gasteiger partial charge is 0.311 e. The second-order valence-corrected chi connectivity index (χ2v) is 5.91. The highest BCUT2D eigenvalue weighted by atomic mass is 15.0. The van der Waals surface area contributed by atoms with E-state index in [1.807, 2.05) is 0 Å². The molecule has 2 aliphatic carbocycles. The first kappa shape index (κ1) is 9.21. The quantitative estimate of drug-likeness (QED) is 0.623. The zero-order valence-electron chi connectivity index (χ0n) is 9.34. The minimum Gasteiger partial charge on any atom is -0.311 e. The molecule has 3 aliphatic rings. The number of hydrogen-bond acceptors (Lipinski definition) is 1. The number of nitrogens with one attached hydrogen (secondary N) is 1. The lowest BCUT2D eigenvalue weighted by Crippen LogP contribution is -2.35. The van der Waals surface area contributed by atoms with Gasteiger partial charge in [-0.3, -0.25) is 0 Å². The molecule has 0 aromatic carbocycles. The molecule has 80 valence electrons. The molecule has 3 rings (SSSR count). The lowest BCUT2D eigenvalue weighted by atomic mass is 9.71. The lowest BCUT2D eigenvalue weighted by molar-refractivity contribution is 0.204. The van der Waals surface area contributed by atoms with Gasteiger partial charge in [0.1, 0.15) is 0 Å². The van der Waals surface area contributed by atoms with Crippen molar-refractivity contribution in [2.75, 3.05) is 0 Å². The predicted molar refractivity (Wildman–Crippen MR) is 59.2 cm³/mol. The molecule has 1 N–H and O–H groups in total. The van der Waals surface area contributed by atoms with Crippen LogP contribution in [-0.4, -0.2) is 12.1 Å². The number of fused-ring (bicyclic) bond motifs is 3. The normalized spacial score (nSPS) is 52.5. The summed E-state index contributed by atoms with van der Waals surface area (Å²) in [5, 5.41) is 3.93. The maximum Gasteiger partial charge on any atom is 0.0104 e. The van der Waals surface area contributed by atoms with Gasteiger partial charge in [0.25, 0.3) is 0 Å². The van der Waals surface area contributed by atoms with Crippen molar-refractivity contribution in [3.05, 3.63) is 0 Å². The molecule has 0 spiro atoms. The summed E-state index contributed by atoms with van der Waals surface area (Å²) in [5.74, 6) is 3.08. The Labute approximate surface area is 87.7 Å². The molecule has 1 saturated heterocycles. The van der Waals surface area contributed by atoms with E-state index in [0.29, 0.717) is 0 Å². The zero-order valence-corrected chi connectivity index (χ0v) is 9.34. The Balaban J connectivity index is 1.74.